The van der Waals surface area contributed by atoms with Crippen molar-refractivity contribution in [2.24, 2.45) is 0 Å². The molecule has 0 radical (unpaired) electrons. The van der Waals surface area contributed by atoms with Crippen LogP contribution in [0.15, 0.2) is 36.4 Å². The second-order valence-electron chi connectivity index (χ2n) is 7.31. The Bertz CT molecular complexity index is 897. The molecule has 0 bridgehead atoms. The average Bonchev–Trinajstić information content (AvgIpc) is 2.68. The molecule has 1 aliphatic rings. The first-order valence-corrected chi connectivity index (χ1v) is 9.43. The summed E-state index contributed by atoms with van der Waals surface area (Å²) in [5, 5.41) is 14.0. The highest BCUT2D eigenvalue weighted by molar-refractivity contribution is 5.92. The minimum Gasteiger partial charge on any atom is -0.490 e. The van der Waals surface area contributed by atoms with Crippen molar-refractivity contribution in [1.82, 2.24) is 0 Å². The van der Waals surface area contributed by atoms with E-state index in [1.165, 1.54) is 30.4 Å². The number of likely N-dealkylation sites (N-methyl/N-ethyl adjacent to an activating group) is 1. The second-order valence-corrected chi connectivity index (χ2v) is 7.31. The van der Waals surface area contributed by atoms with Gasteiger partial charge in [-0.05, 0) is 30.9 Å². The Hall–Kier alpha value is -2.93. The van der Waals surface area contributed by atoms with Gasteiger partial charge in [0.1, 0.15) is 6.04 Å². The maximum absolute atomic E-state index is 12.6. The molecule has 7 heteroatoms. The number of benzene rings is 2. The van der Waals surface area contributed by atoms with Gasteiger partial charge in [-0.3, -0.25) is 14.9 Å². The Morgan fingerprint density at radius 2 is 2.11 bits per heavy atom. The summed E-state index contributed by atoms with van der Waals surface area (Å²) in [5.41, 5.74) is 3.74. The van der Waals surface area contributed by atoms with Gasteiger partial charge in [-0.2, -0.15) is 0 Å². The number of aryl methyl sites for hydroxylation is 2. The molecule has 0 heterocycles. The topological polar surface area (TPSA) is 85.9 Å². The second kappa shape index (κ2) is 8.39. The zero-order chi connectivity index (χ0) is 20.3. The molecule has 28 heavy (non-hydrogen) atoms. The van der Waals surface area contributed by atoms with Crippen LogP contribution < -0.4 is 15.0 Å². The lowest BCUT2D eigenvalue weighted by Crippen LogP contribution is -3.10. The smallest absolute Gasteiger partial charge is 0.311 e. The number of amides is 1. The summed E-state index contributed by atoms with van der Waals surface area (Å²) < 4.78 is 5.10. The van der Waals surface area contributed by atoms with E-state index in [2.05, 4.69) is 29.6 Å². The molecule has 1 amide bonds. The molecule has 1 aliphatic carbocycles. The number of rotatable bonds is 6. The number of carbonyl (C=O) groups excluding carboxylic acids is 1. The predicted molar refractivity (Wildman–Crippen MR) is 107 cm³/mol. The highest BCUT2D eigenvalue weighted by atomic mass is 16.6. The van der Waals surface area contributed by atoms with Crippen molar-refractivity contribution >= 4 is 17.3 Å². The third-order valence-electron chi connectivity index (χ3n) is 5.40. The molecule has 2 N–H and O–H groups in total. The molecule has 0 saturated carbocycles. The number of methoxy groups -OCH3 is 1. The third-order valence-corrected chi connectivity index (χ3v) is 5.40. The molecule has 0 spiro atoms. The average molecular weight is 384 g/mol. The predicted octanol–water partition coefficient (Wildman–Crippen LogP) is 2.44. The van der Waals surface area contributed by atoms with Crippen molar-refractivity contribution in [2.75, 3.05) is 26.0 Å². The van der Waals surface area contributed by atoms with E-state index in [9.17, 15) is 14.9 Å². The fourth-order valence-electron chi connectivity index (χ4n) is 3.95. The van der Waals surface area contributed by atoms with E-state index in [1.54, 1.807) is 6.92 Å². The summed E-state index contributed by atoms with van der Waals surface area (Å²) in [6.45, 7) is 2.05. The summed E-state index contributed by atoms with van der Waals surface area (Å²) in [6.07, 6.45) is 3.27. The van der Waals surface area contributed by atoms with Gasteiger partial charge >= 0.3 is 5.69 Å². The third kappa shape index (κ3) is 4.14. The first-order chi connectivity index (χ1) is 13.4. The number of carbonyl (C=O) groups is 1. The lowest BCUT2D eigenvalue weighted by molar-refractivity contribution is -0.905. The number of ether oxygens (including phenoxy) is 1. The Labute approximate surface area is 164 Å². The van der Waals surface area contributed by atoms with Gasteiger partial charge in [-0.1, -0.05) is 24.3 Å². The maximum atomic E-state index is 12.6. The van der Waals surface area contributed by atoms with Crippen molar-refractivity contribution in [3.05, 3.63) is 63.2 Å². The number of anilines is 1. The molecule has 2 atom stereocenters. The van der Waals surface area contributed by atoms with Crippen LogP contribution in [0, 0.1) is 17.0 Å². The quantitative estimate of drug-likeness (QED) is 0.592. The van der Waals surface area contributed by atoms with Gasteiger partial charge in [0.15, 0.2) is 12.3 Å². The van der Waals surface area contributed by atoms with E-state index in [0.717, 1.165) is 24.2 Å². The molecule has 2 aromatic rings. The number of nitrogens with zero attached hydrogens (tertiary/aromatic N) is 1. The Balaban J connectivity index is 1.72. The van der Waals surface area contributed by atoms with E-state index in [1.807, 2.05) is 7.05 Å². The van der Waals surface area contributed by atoms with E-state index in [-0.39, 0.29) is 17.3 Å². The molecule has 0 aliphatic heterocycles. The molecule has 0 aromatic heterocycles. The van der Waals surface area contributed by atoms with Gasteiger partial charge in [0.05, 0.1) is 19.1 Å². The Morgan fingerprint density at radius 1 is 1.36 bits per heavy atom. The van der Waals surface area contributed by atoms with Crippen LogP contribution in [-0.4, -0.2) is 31.5 Å². The van der Waals surface area contributed by atoms with Crippen LogP contribution >= 0.6 is 0 Å². The summed E-state index contributed by atoms with van der Waals surface area (Å²) >= 11 is 0. The number of nitro benzene ring substituents is 1. The van der Waals surface area contributed by atoms with Gasteiger partial charge in [0, 0.05) is 29.8 Å². The number of fused-ring (bicyclic) bond motifs is 1. The van der Waals surface area contributed by atoms with Crippen LogP contribution in [0.1, 0.15) is 35.6 Å². The first-order valence-electron chi connectivity index (χ1n) is 9.43. The minimum absolute atomic E-state index is 0.112. The lowest BCUT2D eigenvalue weighted by atomic mass is 9.87. The summed E-state index contributed by atoms with van der Waals surface area (Å²) in [4.78, 5) is 24.4. The number of nitrogens with one attached hydrogen (secondary N) is 2. The van der Waals surface area contributed by atoms with Crippen LogP contribution in [0.4, 0.5) is 11.4 Å². The zero-order valence-electron chi connectivity index (χ0n) is 16.5. The van der Waals surface area contributed by atoms with Crippen molar-refractivity contribution in [3.63, 3.8) is 0 Å². The standard InChI is InChI=1S/C21H25N3O4/c1-14-11-19(24(26)27)20(28-3)12-17(14)22-21(25)13-23(2)18-10-6-8-15-7-4-5-9-16(15)18/h4-5,7,9,11-12,18H,6,8,10,13H2,1-3H3,(H,22,25)/p+1/t18-/m0/s1. The number of hydrogen-bond donors (Lipinski definition) is 2. The van der Waals surface area contributed by atoms with Crippen molar-refractivity contribution in [1.29, 1.82) is 0 Å². The molecule has 7 nitrogen and oxygen atoms in total. The SMILES string of the molecule is COc1cc(NC(=O)C[NH+](C)[C@H]2CCCc3ccccc32)c(C)cc1[N+](=O)[O-]. The molecular formula is C21H26N3O4+. The fraction of sp³-hybridized carbons (Fsp3) is 0.381. The van der Waals surface area contributed by atoms with Crippen molar-refractivity contribution in [3.8, 4) is 5.75 Å². The summed E-state index contributed by atoms with van der Waals surface area (Å²) in [6, 6.07) is 11.7. The van der Waals surface area contributed by atoms with Crippen LogP contribution in [0.2, 0.25) is 0 Å². The molecule has 0 fully saturated rings. The van der Waals surface area contributed by atoms with E-state index in [0.29, 0.717) is 23.8 Å². The maximum Gasteiger partial charge on any atom is 0.311 e. The Morgan fingerprint density at radius 3 is 2.82 bits per heavy atom. The fourth-order valence-corrected chi connectivity index (χ4v) is 3.95. The van der Waals surface area contributed by atoms with E-state index < -0.39 is 4.92 Å². The molecule has 2 aromatic carbocycles. The lowest BCUT2D eigenvalue weighted by Gasteiger charge is -2.30. The number of hydrogen-bond acceptors (Lipinski definition) is 4. The van der Waals surface area contributed by atoms with Crippen LogP contribution in [-0.2, 0) is 11.2 Å². The van der Waals surface area contributed by atoms with Crippen LogP contribution in [0.5, 0.6) is 5.75 Å². The summed E-state index contributed by atoms with van der Waals surface area (Å²) in [5.74, 6) is 0.00682. The van der Waals surface area contributed by atoms with Gasteiger partial charge in [-0.25, -0.2) is 0 Å². The van der Waals surface area contributed by atoms with Gasteiger partial charge < -0.3 is 15.0 Å². The van der Waals surface area contributed by atoms with Gasteiger partial charge in [0.2, 0.25) is 0 Å². The zero-order valence-corrected chi connectivity index (χ0v) is 16.5. The van der Waals surface area contributed by atoms with Crippen molar-refractivity contribution < 1.29 is 19.4 Å². The normalized spacial score (nSPS) is 16.8. The van der Waals surface area contributed by atoms with Crippen LogP contribution in [0.25, 0.3) is 0 Å². The number of nitro groups is 1. The van der Waals surface area contributed by atoms with Crippen LogP contribution in [0.3, 0.4) is 0 Å². The highest BCUT2D eigenvalue weighted by Gasteiger charge is 2.28. The molecule has 3 rings (SSSR count). The van der Waals surface area contributed by atoms with E-state index >= 15 is 0 Å². The monoisotopic (exact) mass is 384 g/mol. The largest absolute Gasteiger partial charge is 0.490 e. The van der Waals surface area contributed by atoms with E-state index in [4.69, 9.17) is 4.74 Å². The minimum atomic E-state index is -0.490. The van der Waals surface area contributed by atoms with Gasteiger partial charge in [-0.15, -0.1) is 0 Å². The molecule has 0 saturated heterocycles. The molecule has 148 valence electrons. The van der Waals surface area contributed by atoms with Gasteiger partial charge in [0.25, 0.3) is 5.91 Å². The van der Waals surface area contributed by atoms with Crippen molar-refractivity contribution in [2.45, 2.75) is 32.2 Å². The molecular weight excluding hydrogens is 358 g/mol. The first kappa shape index (κ1) is 19.8. The Kier molecular flexibility index (Phi) is 5.94. The summed E-state index contributed by atoms with van der Waals surface area (Å²) in [7, 11) is 3.41. The number of quaternary nitrogens is 1. The highest BCUT2D eigenvalue weighted by Crippen LogP contribution is 2.32. The molecule has 1 unspecified atom stereocenters.